The molecule has 2 aromatic rings. The summed E-state index contributed by atoms with van der Waals surface area (Å²) >= 11 is 1.81. The molecule has 2 heterocycles. The summed E-state index contributed by atoms with van der Waals surface area (Å²) in [6.07, 6.45) is 0. The van der Waals surface area contributed by atoms with Gasteiger partial charge in [0.25, 0.3) is 0 Å². The first-order valence-electron chi connectivity index (χ1n) is 5.46. The minimum absolute atomic E-state index is 0.876. The summed E-state index contributed by atoms with van der Waals surface area (Å²) in [6.45, 7) is 7.97. The summed E-state index contributed by atoms with van der Waals surface area (Å²) in [4.78, 5) is 1.41. The topological polar surface area (TPSA) is 25.2 Å². The summed E-state index contributed by atoms with van der Waals surface area (Å²) in [6, 6.07) is 4.26. The van der Waals surface area contributed by atoms with E-state index in [1.165, 1.54) is 16.0 Å². The van der Waals surface area contributed by atoms with Gasteiger partial charge in [-0.3, -0.25) is 0 Å². The van der Waals surface area contributed by atoms with Crippen LogP contribution in [0.15, 0.2) is 21.9 Å². The molecule has 0 saturated carbocycles. The molecule has 86 valence electrons. The van der Waals surface area contributed by atoms with Crippen LogP contribution in [0.1, 0.15) is 27.5 Å². The van der Waals surface area contributed by atoms with Gasteiger partial charge in [-0.1, -0.05) is 0 Å². The minimum atomic E-state index is 0.876. The lowest BCUT2D eigenvalue weighted by atomic mass is 10.2. The molecular formula is C13H17NOS. The van der Waals surface area contributed by atoms with E-state index in [2.05, 4.69) is 29.8 Å². The standard InChI is InChI=1S/C13H17NOS/c1-9-4-5-16-13(9)8-14-7-12-6-10(2)15-11(12)3/h4-6,14H,7-8H2,1-3H3. The molecule has 0 unspecified atom stereocenters. The first-order chi connectivity index (χ1) is 7.66. The molecule has 0 aliphatic rings. The Balaban J connectivity index is 1.89. The van der Waals surface area contributed by atoms with Gasteiger partial charge in [-0.05, 0) is 43.8 Å². The molecule has 16 heavy (non-hydrogen) atoms. The van der Waals surface area contributed by atoms with Gasteiger partial charge in [0.15, 0.2) is 0 Å². The molecule has 0 aliphatic carbocycles. The van der Waals surface area contributed by atoms with Crippen molar-refractivity contribution in [3.63, 3.8) is 0 Å². The van der Waals surface area contributed by atoms with Gasteiger partial charge in [0.1, 0.15) is 11.5 Å². The van der Waals surface area contributed by atoms with E-state index >= 15 is 0 Å². The van der Waals surface area contributed by atoms with Crippen LogP contribution in [-0.4, -0.2) is 0 Å². The van der Waals surface area contributed by atoms with Gasteiger partial charge in [-0.2, -0.15) is 0 Å². The van der Waals surface area contributed by atoms with E-state index < -0.39 is 0 Å². The van der Waals surface area contributed by atoms with Gasteiger partial charge in [0.2, 0.25) is 0 Å². The first-order valence-corrected chi connectivity index (χ1v) is 6.34. The molecule has 0 radical (unpaired) electrons. The third kappa shape index (κ3) is 2.54. The van der Waals surface area contributed by atoms with Crippen molar-refractivity contribution < 1.29 is 4.42 Å². The Morgan fingerprint density at radius 3 is 2.62 bits per heavy atom. The van der Waals surface area contributed by atoms with Crippen molar-refractivity contribution in [2.75, 3.05) is 0 Å². The Hall–Kier alpha value is -1.06. The van der Waals surface area contributed by atoms with Crippen molar-refractivity contribution >= 4 is 11.3 Å². The number of hydrogen-bond donors (Lipinski definition) is 1. The lowest BCUT2D eigenvalue weighted by Gasteiger charge is -2.02. The van der Waals surface area contributed by atoms with Crippen LogP contribution in [0.5, 0.6) is 0 Å². The highest BCUT2D eigenvalue weighted by molar-refractivity contribution is 7.10. The van der Waals surface area contributed by atoms with Gasteiger partial charge in [0, 0.05) is 23.5 Å². The number of aryl methyl sites for hydroxylation is 3. The number of nitrogens with one attached hydrogen (secondary N) is 1. The Kier molecular flexibility index (Phi) is 3.46. The van der Waals surface area contributed by atoms with Crippen LogP contribution in [-0.2, 0) is 13.1 Å². The van der Waals surface area contributed by atoms with E-state index in [0.717, 1.165) is 24.6 Å². The molecule has 0 atom stereocenters. The maximum Gasteiger partial charge on any atom is 0.105 e. The molecule has 0 saturated heterocycles. The van der Waals surface area contributed by atoms with Crippen molar-refractivity contribution in [1.82, 2.24) is 5.32 Å². The molecule has 3 heteroatoms. The quantitative estimate of drug-likeness (QED) is 0.876. The monoisotopic (exact) mass is 235 g/mol. The normalized spacial score (nSPS) is 10.9. The zero-order chi connectivity index (χ0) is 11.5. The van der Waals surface area contributed by atoms with Crippen molar-refractivity contribution in [1.29, 1.82) is 0 Å². The summed E-state index contributed by atoms with van der Waals surface area (Å²) in [7, 11) is 0. The fourth-order valence-electron chi connectivity index (χ4n) is 1.75. The first kappa shape index (κ1) is 11.4. The fraction of sp³-hybridized carbons (Fsp3) is 0.385. The van der Waals surface area contributed by atoms with E-state index in [1.54, 1.807) is 0 Å². The molecule has 0 spiro atoms. The highest BCUT2D eigenvalue weighted by Gasteiger charge is 2.04. The molecule has 2 nitrogen and oxygen atoms in total. The molecule has 0 bridgehead atoms. The minimum Gasteiger partial charge on any atom is -0.466 e. The second-order valence-corrected chi connectivity index (χ2v) is 5.07. The van der Waals surface area contributed by atoms with Gasteiger partial charge in [-0.15, -0.1) is 11.3 Å². The third-order valence-electron chi connectivity index (χ3n) is 2.71. The van der Waals surface area contributed by atoms with Gasteiger partial charge in [-0.25, -0.2) is 0 Å². The van der Waals surface area contributed by atoms with Crippen LogP contribution >= 0.6 is 11.3 Å². The van der Waals surface area contributed by atoms with Gasteiger partial charge < -0.3 is 9.73 Å². The summed E-state index contributed by atoms with van der Waals surface area (Å²) in [5.41, 5.74) is 2.63. The van der Waals surface area contributed by atoms with Crippen LogP contribution in [0.2, 0.25) is 0 Å². The lowest BCUT2D eigenvalue weighted by Crippen LogP contribution is -2.12. The van der Waals surface area contributed by atoms with Crippen LogP contribution < -0.4 is 5.32 Å². The summed E-state index contributed by atoms with van der Waals surface area (Å²) in [5, 5.41) is 5.59. The van der Waals surface area contributed by atoms with E-state index in [1.807, 2.05) is 25.2 Å². The SMILES string of the molecule is Cc1cc(CNCc2sccc2C)c(C)o1. The summed E-state index contributed by atoms with van der Waals surface area (Å²) in [5.74, 6) is 2.01. The number of rotatable bonds is 4. The highest BCUT2D eigenvalue weighted by atomic mass is 32.1. The van der Waals surface area contributed by atoms with E-state index in [-0.39, 0.29) is 0 Å². The zero-order valence-corrected chi connectivity index (χ0v) is 10.8. The molecule has 0 aromatic carbocycles. The van der Waals surface area contributed by atoms with Crippen molar-refractivity contribution in [2.24, 2.45) is 0 Å². The van der Waals surface area contributed by atoms with Crippen molar-refractivity contribution in [3.05, 3.63) is 45.0 Å². The second-order valence-electron chi connectivity index (χ2n) is 4.07. The van der Waals surface area contributed by atoms with E-state index in [9.17, 15) is 0 Å². The molecule has 2 aromatic heterocycles. The Morgan fingerprint density at radius 1 is 1.25 bits per heavy atom. The van der Waals surface area contributed by atoms with Gasteiger partial charge in [0.05, 0.1) is 0 Å². The average Bonchev–Trinajstić information content (AvgIpc) is 2.75. The van der Waals surface area contributed by atoms with E-state index in [0.29, 0.717) is 0 Å². The maximum absolute atomic E-state index is 5.49. The van der Waals surface area contributed by atoms with E-state index in [4.69, 9.17) is 4.42 Å². The lowest BCUT2D eigenvalue weighted by molar-refractivity contribution is 0.499. The molecule has 0 amide bonds. The largest absolute Gasteiger partial charge is 0.466 e. The second kappa shape index (κ2) is 4.85. The van der Waals surface area contributed by atoms with Crippen LogP contribution in [0.25, 0.3) is 0 Å². The highest BCUT2D eigenvalue weighted by Crippen LogP contribution is 2.16. The smallest absolute Gasteiger partial charge is 0.105 e. The Labute approximate surface area is 100 Å². The number of furan rings is 1. The molecule has 1 N–H and O–H groups in total. The molecule has 2 rings (SSSR count). The predicted molar refractivity (Wildman–Crippen MR) is 67.8 cm³/mol. The molecule has 0 aliphatic heterocycles. The average molecular weight is 235 g/mol. The van der Waals surface area contributed by atoms with Gasteiger partial charge >= 0.3 is 0 Å². The maximum atomic E-state index is 5.49. The zero-order valence-electron chi connectivity index (χ0n) is 9.96. The Morgan fingerprint density at radius 2 is 2.06 bits per heavy atom. The molecule has 0 fully saturated rings. The van der Waals surface area contributed by atoms with Crippen molar-refractivity contribution in [2.45, 2.75) is 33.9 Å². The third-order valence-corrected chi connectivity index (χ3v) is 3.74. The molecular weight excluding hydrogens is 218 g/mol. The summed E-state index contributed by atoms with van der Waals surface area (Å²) < 4.78 is 5.49. The van der Waals surface area contributed by atoms with Crippen molar-refractivity contribution in [3.8, 4) is 0 Å². The predicted octanol–water partition coefficient (Wildman–Crippen LogP) is 3.56. The van der Waals surface area contributed by atoms with Crippen LogP contribution in [0, 0.1) is 20.8 Å². The van der Waals surface area contributed by atoms with Crippen LogP contribution in [0.3, 0.4) is 0 Å². The van der Waals surface area contributed by atoms with Crippen LogP contribution in [0.4, 0.5) is 0 Å². The number of thiophene rings is 1. The number of hydrogen-bond acceptors (Lipinski definition) is 3. The fourth-order valence-corrected chi connectivity index (χ4v) is 2.63. The Bertz CT molecular complexity index is 470.